The second-order valence-electron chi connectivity index (χ2n) is 7.35. The third-order valence-corrected chi connectivity index (χ3v) is 4.89. The second-order valence-corrected chi connectivity index (χ2v) is 7.35. The Bertz CT molecular complexity index is 1250. The predicted octanol–water partition coefficient (Wildman–Crippen LogP) is 7.32. The van der Waals surface area contributed by atoms with Gasteiger partial charge in [0.25, 0.3) is 0 Å². The highest BCUT2D eigenvalue weighted by Gasteiger charge is 2.01. The highest BCUT2D eigenvalue weighted by molar-refractivity contribution is 6.04. The number of anilines is 3. The normalized spacial score (nSPS) is 9.94. The van der Waals surface area contributed by atoms with Crippen molar-refractivity contribution in [3.8, 4) is 0 Å². The molecule has 0 bridgehead atoms. The fourth-order valence-corrected chi connectivity index (χ4v) is 3.29. The van der Waals surface area contributed by atoms with Crippen molar-refractivity contribution in [3.05, 3.63) is 133 Å². The van der Waals surface area contributed by atoms with Crippen molar-refractivity contribution < 1.29 is 0 Å². The van der Waals surface area contributed by atoms with Crippen LogP contribution in [0.25, 0.3) is 10.8 Å². The molecule has 0 aliphatic carbocycles. The van der Waals surface area contributed by atoms with Crippen LogP contribution < -0.4 is 16.4 Å². The SMILES string of the molecule is Nc1cccc2ccccc12.c1ccc(N=C(Nc2ccccc2)Nc2ccccc2)cc1. The zero-order chi connectivity index (χ0) is 22.7. The molecule has 4 nitrogen and oxygen atoms in total. The number of nitrogen functional groups attached to an aromatic ring is 1. The molecule has 5 aromatic carbocycles. The van der Waals surface area contributed by atoms with Crippen molar-refractivity contribution in [2.24, 2.45) is 4.99 Å². The smallest absolute Gasteiger partial charge is 0.205 e. The summed E-state index contributed by atoms with van der Waals surface area (Å²) in [5.41, 5.74) is 9.47. The number of guanidine groups is 1. The van der Waals surface area contributed by atoms with Gasteiger partial charge in [-0.15, -0.1) is 0 Å². The van der Waals surface area contributed by atoms with Crippen molar-refractivity contribution in [1.82, 2.24) is 0 Å². The minimum Gasteiger partial charge on any atom is -0.398 e. The van der Waals surface area contributed by atoms with Crippen LogP contribution in [0.4, 0.5) is 22.7 Å². The number of hydrogen-bond donors (Lipinski definition) is 3. The predicted molar refractivity (Wildman–Crippen MR) is 142 cm³/mol. The maximum atomic E-state index is 5.76. The third-order valence-electron chi connectivity index (χ3n) is 4.89. The summed E-state index contributed by atoms with van der Waals surface area (Å²) in [6.45, 7) is 0. The number of nitrogens with zero attached hydrogens (tertiary/aromatic N) is 1. The summed E-state index contributed by atoms with van der Waals surface area (Å²) in [5.74, 6) is 0.684. The van der Waals surface area contributed by atoms with Crippen LogP contribution in [-0.4, -0.2) is 5.96 Å². The van der Waals surface area contributed by atoms with Crippen LogP contribution in [0, 0.1) is 0 Å². The zero-order valence-corrected chi connectivity index (χ0v) is 18.2. The molecule has 162 valence electrons. The molecular formula is C29H26N4. The van der Waals surface area contributed by atoms with Crippen molar-refractivity contribution >= 4 is 39.5 Å². The molecule has 0 aliphatic heterocycles. The van der Waals surface area contributed by atoms with E-state index < -0.39 is 0 Å². The Hall–Kier alpha value is -4.57. The molecule has 0 fully saturated rings. The topological polar surface area (TPSA) is 62.4 Å². The first kappa shape index (κ1) is 21.7. The van der Waals surface area contributed by atoms with E-state index in [1.165, 1.54) is 5.39 Å². The van der Waals surface area contributed by atoms with Crippen LogP contribution in [0.3, 0.4) is 0 Å². The van der Waals surface area contributed by atoms with Gasteiger partial charge in [0.2, 0.25) is 5.96 Å². The van der Waals surface area contributed by atoms with E-state index in [0.717, 1.165) is 28.1 Å². The molecular weight excluding hydrogens is 404 g/mol. The molecule has 0 aromatic heterocycles. The largest absolute Gasteiger partial charge is 0.398 e. The Kier molecular flexibility index (Phi) is 7.33. The molecule has 0 aliphatic rings. The fraction of sp³-hybridized carbons (Fsp3) is 0. The van der Waals surface area contributed by atoms with Crippen molar-refractivity contribution in [2.45, 2.75) is 0 Å². The van der Waals surface area contributed by atoms with Crippen LogP contribution in [0.2, 0.25) is 0 Å². The van der Waals surface area contributed by atoms with Crippen LogP contribution >= 0.6 is 0 Å². The first-order valence-corrected chi connectivity index (χ1v) is 10.8. The Morgan fingerprint density at radius 2 is 1.00 bits per heavy atom. The van der Waals surface area contributed by atoms with Crippen LogP contribution in [0.15, 0.2) is 138 Å². The van der Waals surface area contributed by atoms with Gasteiger partial charge in [-0.25, -0.2) is 4.99 Å². The number of benzene rings is 5. The average Bonchev–Trinajstić information content (AvgIpc) is 2.87. The number of fused-ring (bicyclic) bond motifs is 1. The summed E-state index contributed by atoms with van der Waals surface area (Å²) in [6, 6.07) is 43.9. The maximum Gasteiger partial charge on any atom is 0.205 e. The molecule has 0 heterocycles. The quantitative estimate of drug-likeness (QED) is 0.160. The first-order chi connectivity index (χ1) is 16.3. The van der Waals surface area contributed by atoms with Gasteiger partial charge in [-0.2, -0.15) is 0 Å². The molecule has 5 rings (SSSR count). The number of nitrogens with one attached hydrogen (secondary N) is 2. The lowest BCUT2D eigenvalue weighted by Gasteiger charge is -2.12. The van der Waals surface area contributed by atoms with Crippen LogP contribution in [0.1, 0.15) is 0 Å². The standard InChI is InChI=1S/C19H17N3.C10H9N/c1-4-10-16(11-5-1)20-19(21-17-12-6-2-7-13-17)22-18-14-8-3-9-15-18;11-10-7-3-5-8-4-1-2-6-9(8)10/h1-15H,(H2,20,21,22);1-7H,11H2. The van der Waals surface area contributed by atoms with Gasteiger partial charge in [0.15, 0.2) is 0 Å². The monoisotopic (exact) mass is 430 g/mol. The molecule has 4 N–H and O–H groups in total. The Morgan fingerprint density at radius 1 is 0.515 bits per heavy atom. The minimum absolute atomic E-state index is 0.684. The minimum atomic E-state index is 0.684. The van der Waals surface area contributed by atoms with Crippen molar-refractivity contribution in [1.29, 1.82) is 0 Å². The van der Waals surface area contributed by atoms with Gasteiger partial charge in [0, 0.05) is 22.4 Å². The second kappa shape index (κ2) is 11.2. The van der Waals surface area contributed by atoms with Gasteiger partial charge in [-0.05, 0) is 47.9 Å². The van der Waals surface area contributed by atoms with Crippen LogP contribution in [0.5, 0.6) is 0 Å². The summed E-state index contributed by atoms with van der Waals surface area (Å²) in [4.78, 5) is 4.64. The lowest BCUT2D eigenvalue weighted by molar-refractivity contribution is 1.45. The average molecular weight is 431 g/mol. The Labute approximate surface area is 194 Å². The van der Waals surface area contributed by atoms with Crippen molar-refractivity contribution in [3.63, 3.8) is 0 Å². The summed E-state index contributed by atoms with van der Waals surface area (Å²) >= 11 is 0. The van der Waals surface area contributed by atoms with E-state index in [2.05, 4.69) is 27.8 Å². The first-order valence-electron chi connectivity index (χ1n) is 10.8. The zero-order valence-electron chi connectivity index (χ0n) is 18.2. The van der Waals surface area contributed by atoms with Gasteiger partial charge in [0.05, 0.1) is 5.69 Å². The van der Waals surface area contributed by atoms with E-state index in [0.29, 0.717) is 5.96 Å². The summed E-state index contributed by atoms with van der Waals surface area (Å²) in [7, 11) is 0. The third kappa shape index (κ3) is 6.45. The number of nitrogens with two attached hydrogens (primary N) is 1. The fourth-order valence-electron chi connectivity index (χ4n) is 3.29. The van der Waals surface area contributed by atoms with E-state index in [9.17, 15) is 0 Å². The molecule has 0 amide bonds. The summed E-state index contributed by atoms with van der Waals surface area (Å²) in [5, 5.41) is 8.97. The number of para-hydroxylation sites is 3. The molecule has 0 radical (unpaired) electrons. The van der Waals surface area contributed by atoms with E-state index in [1.807, 2.05) is 121 Å². The van der Waals surface area contributed by atoms with Gasteiger partial charge in [0.1, 0.15) is 0 Å². The number of rotatable bonds is 3. The van der Waals surface area contributed by atoms with Gasteiger partial charge < -0.3 is 16.4 Å². The van der Waals surface area contributed by atoms with Gasteiger partial charge in [-0.1, -0.05) is 91.0 Å². The molecule has 0 saturated heterocycles. The van der Waals surface area contributed by atoms with E-state index >= 15 is 0 Å². The molecule has 33 heavy (non-hydrogen) atoms. The van der Waals surface area contributed by atoms with E-state index in [-0.39, 0.29) is 0 Å². The molecule has 0 unspecified atom stereocenters. The molecule has 5 aromatic rings. The highest BCUT2D eigenvalue weighted by Crippen LogP contribution is 2.19. The van der Waals surface area contributed by atoms with E-state index in [4.69, 9.17) is 5.73 Å². The van der Waals surface area contributed by atoms with Gasteiger partial charge in [-0.3, -0.25) is 0 Å². The Morgan fingerprint density at radius 3 is 1.58 bits per heavy atom. The molecule has 0 atom stereocenters. The lowest BCUT2D eigenvalue weighted by Crippen LogP contribution is -2.21. The van der Waals surface area contributed by atoms with Crippen molar-refractivity contribution in [2.75, 3.05) is 16.4 Å². The Balaban J connectivity index is 0.000000196. The van der Waals surface area contributed by atoms with Crippen LogP contribution in [-0.2, 0) is 0 Å². The summed E-state index contributed by atoms with van der Waals surface area (Å²) in [6.07, 6.45) is 0. The lowest BCUT2D eigenvalue weighted by atomic mass is 10.1. The molecule has 0 spiro atoms. The van der Waals surface area contributed by atoms with E-state index in [1.54, 1.807) is 0 Å². The maximum absolute atomic E-state index is 5.76. The summed E-state index contributed by atoms with van der Waals surface area (Å²) < 4.78 is 0. The number of hydrogen-bond acceptors (Lipinski definition) is 2. The highest BCUT2D eigenvalue weighted by atomic mass is 15.2. The molecule has 0 saturated carbocycles. The van der Waals surface area contributed by atoms with Gasteiger partial charge >= 0.3 is 0 Å². The number of aliphatic imine (C=N–C) groups is 1. The molecule has 4 heteroatoms.